The largest absolute Gasteiger partial charge is 0.372 e. The van der Waals surface area contributed by atoms with E-state index in [9.17, 15) is 4.79 Å². The molecular weight excluding hydrogens is 316 g/mol. The molecule has 0 fully saturated rings. The van der Waals surface area contributed by atoms with Gasteiger partial charge >= 0.3 is 6.03 Å². The Bertz CT molecular complexity index is 727. The van der Waals surface area contributed by atoms with Gasteiger partial charge in [0.15, 0.2) is 5.82 Å². The van der Waals surface area contributed by atoms with Gasteiger partial charge in [0, 0.05) is 35.9 Å². The SMILES string of the molecule is CCN(CC)c1ccc(NC(=O)Nc2cc(C(C)(C)C)on2)c(C)c1. The maximum Gasteiger partial charge on any atom is 0.324 e. The fourth-order valence-corrected chi connectivity index (χ4v) is 2.53. The van der Waals surface area contributed by atoms with E-state index in [1.165, 1.54) is 0 Å². The minimum atomic E-state index is -0.340. The first-order valence-corrected chi connectivity index (χ1v) is 8.65. The highest BCUT2D eigenvalue weighted by Crippen LogP contribution is 2.25. The summed E-state index contributed by atoms with van der Waals surface area (Å²) in [5.41, 5.74) is 2.78. The molecule has 6 nitrogen and oxygen atoms in total. The quantitative estimate of drug-likeness (QED) is 0.819. The highest BCUT2D eigenvalue weighted by atomic mass is 16.5. The van der Waals surface area contributed by atoms with Gasteiger partial charge in [-0.1, -0.05) is 25.9 Å². The Morgan fingerprint density at radius 2 is 1.84 bits per heavy atom. The van der Waals surface area contributed by atoms with E-state index in [4.69, 9.17) is 4.52 Å². The van der Waals surface area contributed by atoms with E-state index in [1.54, 1.807) is 6.07 Å². The van der Waals surface area contributed by atoms with Crippen molar-refractivity contribution in [3.05, 3.63) is 35.6 Å². The fraction of sp³-hybridized carbons (Fsp3) is 0.474. The maximum absolute atomic E-state index is 12.2. The van der Waals surface area contributed by atoms with Gasteiger partial charge in [0.2, 0.25) is 0 Å². The first kappa shape index (κ1) is 18.8. The Labute approximate surface area is 149 Å². The second kappa shape index (κ2) is 7.59. The lowest BCUT2D eigenvalue weighted by Gasteiger charge is -2.22. The Hall–Kier alpha value is -2.50. The molecule has 0 radical (unpaired) electrons. The number of hydrogen-bond acceptors (Lipinski definition) is 4. The van der Waals surface area contributed by atoms with Gasteiger partial charge in [-0.3, -0.25) is 5.32 Å². The average molecular weight is 344 g/mol. The number of anilines is 3. The normalized spacial score (nSPS) is 11.3. The summed E-state index contributed by atoms with van der Waals surface area (Å²) in [6.45, 7) is 14.2. The number of carbonyl (C=O) groups excluding carboxylic acids is 1. The Balaban J connectivity index is 2.04. The van der Waals surface area contributed by atoms with Crippen LogP contribution in [0.1, 0.15) is 45.9 Å². The molecule has 0 unspecified atom stereocenters. The molecule has 0 aliphatic heterocycles. The van der Waals surface area contributed by atoms with Gasteiger partial charge in [0.25, 0.3) is 0 Å². The van der Waals surface area contributed by atoms with E-state index in [0.717, 1.165) is 35.8 Å². The molecule has 2 N–H and O–H groups in total. The lowest BCUT2D eigenvalue weighted by molar-refractivity contribution is 0.262. The van der Waals surface area contributed by atoms with E-state index in [2.05, 4.69) is 40.6 Å². The number of nitrogens with one attached hydrogen (secondary N) is 2. The van der Waals surface area contributed by atoms with Gasteiger partial charge < -0.3 is 14.7 Å². The summed E-state index contributed by atoms with van der Waals surface area (Å²) < 4.78 is 5.27. The lowest BCUT2D eigenvalue weighted by atomic mass is 9.93. The van der Waals surface area contributed by atoms with Gasteiger partial charge in [-0.05, 0) is 44.5 Å². The molecule has 6 heteroatoms. The number of urea groups is 1. The van der Waals surface area contributed by atoms with Gasteiger partial charge in [-0.25, -0.2) is 4.79 Å². The molecular formula is C19H28N4O2. The van der Waals surface area contributed by atoms with Gasteiger partial charge in [-0.2, -0.15) is 0 Å². The third kappa shape index (κ3) is 4.75. The van der Waals surface area contributed by atoms with E-state index < -0.39 is 0 Å². The number of carbonyl (C=O) groups is 1. The van der Waals surface area contributed by atoms with Crippen LogP contribution in [-0.2, 0) is 5.41 Å². The Morgan fingerprint density at radius 1 is 1.16 bits per heavy atom. The first-order chi connectivity index (χ1) is 11.7. The van der Waals surface area contributed by atoms with Crippen LogP contribution in [0.3, 0.4) is 0 Å². The summed E-state index contributed by atoms with van der Waals surface area (Å²) in [4.78, 5) is 14.5. The van der Waals surface area contributed by atoms with Crippen LogP contribution in [0.2, 0.25) is 0 Å². The van der Waals surface area contributed by atoms with Gasteiger partial charge in [0.05, 0.1) is 0 Å². The Kier molecular flexibility index (Phi) is 5.72. The van der Waals surface area contributed by atoms with Crippen molar-refractivity contribution >= 4 is 23.2 Å². The van der Waals surface area contributed by atoms with Crippen LogP contribution in [-0.4, -0.2) is 24.3 Å². The van der Waals surface area contributed by atoms with E-state index >= 15 is 0 Å². The van der Waals surface area contributed by atoms with Crippen molar-refractivity contribution in [1.29, 1.82) is 0 Å². The second-order valence-corrected chi connectivity index (χ2v) is 7.08. The molecule has 0 aliphatic rings. The van der Waals surface area contributed by atoms with Crippen LogP contribution < -0.4 is 15.5 Å². The fourth-order valence-electron chi connectivity index (χ4n) is 2.53. The van der Waals surface area contributed by atoms with Crippen molar-refractivity contribution in [2.75, 3.05) is 28.6 Å². The molecule has 1 aromatic heterocycles. The van der Waals surface area contributed by atoms with Crippen LogP contribution >= 0.6 is 0 Å². The molecule has 0 saturated heterocycles. The third-order valence-corrected chi connectivity index (χ3v) is 4.08. The predicted octanol–water partition coefficient (Wildman–Crippen LogP) is 4.77. The molecule has 2 rings (SSSR count). The van der Waals surface area contributed by atoms with Gasteiger partial charge in [-0.15, -0.1) is 0 Å². The minimum absolute atomic E-state index is 0.153. The summed E-state index contributed by atoms with van der Waals surface area (Å²) in [6, 6.07) is 7.43. The zero-order chi connectivity index (χ0) is 18.6. The van der Waals surface area contributed by atoms with Crippen LogP contribution in [0.5, 0.6) is 0 Å². The van der Waals surface area contributed by atoms with Crippen molar-refractivity contribution in [1.82, 2.24) is 5.16 Å². The monoisotopic (exact) mass is 344 g/mol. The summed E-state index contributed by atoms with van der Waals surface area (Å²) >= 11 is 0. The molecule has 1 aromatic carbocycles. The second-order valence-electron chi connectivity index (χ2n) is 7.08. The van der Waals surface area contributed by atoms with Crippen molar-refractivity contribution < 1.29 is 9.32 Å². The van der Waals surface area contributed by atoms with Crippen molar-refractivity contribution in [2.45, 2.75) is 47.0 Å². The molecule has 2 amide bonds. The highest BCUT2D eigenvalue weighted by Gasteiger charge is 2.20. The van der Waals surface area contributed by atoms with Gasteiger partial charge in [0.1, 0.15) is 5.76 Å². The lowest BCUT2D eigenvalue weighted by Crippen LogP contribution is -2.22. The molecule has 136 valence electrons. The summed E-state index contributed by atoms with van der Waals surface area (Å²) in [5.74, 6) is 1.13. The number of aryl methyl sites for hydroxylation is 1. The van der Waals surface area contributed by atoms with Crippen LogP contribution in [0, 0.1) is 6.92 Å². The molecule has 0 atom stereocenters. The van der Waals surface area contributed by atoms with Crippen LogP contribution in [0.4, 0.5) is 22.0 Å². The number of nitrogens with zero attached hydrogens (tertiary/aromatic N) is 2. The highest BCUT2D eigenvalue weighted by molar-refractivity contribution is 5.99. The summed E-state index contributed by atoms with van der Waals surface area (Å²) in [6.07, 6.45) is 0. The van der Waals surface area contributed by atoms with Crippen molar-refractivity contribution in [2.24, 2.45) is 0 Å². The molecule has 2 aromatic rings. The van der Waals surface area contributed by atoms with Crippen molar-refractivity contribution in [3.8, 4) is 0 Å². The van der Waals surface area contributed by atoms with E-state index in [1.807, 2.05) is 39.8 Å². The number of aromatic nitrogens is 1. The van der Waals surface area contributed by atoms with E-state index in [0.29, 0.717) is 5.82 Å². The molecule has 1 heterocycles. The molecule has 0 spiro atoms. The predicted molar refractivity (Wildman–Crippen MR) is 103 cm³/mol. The first-order valence-electron chi connectivity index (χ1n) is 8.65. The number of hydrogen-bond donors (Lipinski definition) is 2. The molecule has 0 saturated carbocycles. The maximum atomic E-state index is 12.2. The smallest absolute Gasteiger partial charge is 0.324 e. The molecule has 0 bridgehead atoms. The number of benzene rings is 1. The summed E-state index contributed by atoms with van der Waals surface area (Å²) in [7, 11) is 0. The minimum Gasteiger partial charge on any atom is -0.372 e. The van der Waals surface area contributed by atoms with Crippen LogP contribution in [0.25, 0.3) is 0 Å². The molecule has 0 aliphatic carbocycles. The average Bonchev–Trinajstić information content (AvgIpc) is 2.99. The topological polar surface area (TPSA) is 70.4 Å². The van der Waals surface area contributed by atoms with Crippen LogP contribution in [0.15, 0.2) is 28.8 Å². The number of rotatable bonds is 5. The zero-order valence-electron chi connectivity index (χ0n) is 15.9. The number of amides is 2. The zero-order valence-corrected chi connectivity index (χ0v) is 15.9. The molecule has 25 heavy (non-hydrogen) atoms. The van der Waals surface area contributed by atoms with E-state index in [-0.39, 0.29) is 11.4 Å². The third-order valence-electron chi connectivity index (χ3n) is 4.08. The van der Waals surface area contributed by atoms with Crippen molar-refractivity contribution in [3.63, 3.8) is 0 Å². The Morgan fingerprint density at radius 3 is 2.36 bits per heavy atom. The summed E-state index contributed by atoms with van der Waals surface area (Å²) in [5, 5.41) is 9.46. The standard InChI is InChI=1S/C19H28N4O2/c1-7-23(8-2)14-9-10-15(13(3)11-14)20-18(24)21-17-12-16(25-22-17)19(4,5)6/h9-12H,7-8H2,1-6H3,(H2,20,21,22,24).